The molecule has 2 heterocycles. The molecular formula is C25H31F3N6O. The van der Waals surface area contributed by atoms with Gasteiger partial charge in [-0.1, -0.05) is 19.9 Å². The van der Waals surface area contributed by atoms with Crippen LogP contribution in [0.4, 0.5) is 30.5 Å². The Hall–Kier alpha value is -3.27. The molecule has 0 spiro atoms. The van der Waals surface area contributed by atoms with E-state index in [9.17, 15) is 18.0 Å². The van der Waals surface area contributed by atoms with Crippen molar-refractivity contribution in [1.82, 2.24) is 14.9 Å². The maximum absolute atomic E-state index is 14.9. The van der Waals surface area contributed by atoms with Crippen LogP contribution in [0.25, 0.3) is 10.9 Å². The topological polar surface area (TPSA) is 97.0 Å². The summed E-state index contributed by atoms with van der Waals surface area (Å²) in [6, 6.07) is 6.70. The summed E-state index contributed by atoms with van der Waals surface area (Å²) in [6.07, 6.45) is 2.47. The van der Waals surface area contributed by atoms with E-state index in [4.69, 9.17) is 5.73 Å². The van der Waals surface area contributed by atoms with Crippen molar-refractivity contribution in [3.63, 3.8) is 0 Å². The van der Waals surface area contributed by atoms with Crippen LogP contribution >= 0.6 is 0 Å². The number of aromatic nitrogens is 2. The highest BCUT2D eigenvalue weighted by Crippen LogP contribution is 2.36. The molecule has 7 nitrogen and oxygen atoms in total. The number of nitrogens with one attached hydrogen (secondary N) is 3. The van der Waals surface area contributed by atoms with Crippen molar-refractivity contribution in [2.24, 2.45) is 11.7 Å². The average molecular weight is 489 g/mol. The minimum atomic E-state index is -2.94. The van der Waals surface area contributed by atoms with Gasteiger partial charge in [0, 0.05) is 36.3 Å². The van der Waals surface area contributed by atoms with Gasteiger partial charge in [-0.3, -0.25) is 4.79 Å². The lowest BCUT2D eigenvalue weighted by Gasteiger charge is -2.38. The Morgan fingerprint density at radius 2 is 2.06 bits per heavy atom. The van der Waals surface area contributed by atoms with Crippen LogP contribution in [0.5, 0.6) is 0 Å². The number of hydrogen-bond acceptors (Lipinski definition) is 5. The maximum Gasteiger partial charge on any atom is 0.265 e. The van der Waals surface area contributed by atoms with Crippen LogP contribution < -0.4 is 21.7 Å². The number of alkyl halides is 2. The Kier molecular flexibility index (Phi) is 6.93. The van der Waals surface area contributed by atoms with Gasteiger partial charge in [0.15, 0.2) is 11.6 Å². The lowest BCUT2D eigenvalue weighted by molar-refractivity contribution is -0.0654. The number of nitrogens with zero attached hydrogens (tertiary/aromatic N) is 2. The Labute approximate surface area is 202 Å². The molecule has 1 fully saturated rings. The summed E-state index contributed by atoms with van der Waals surface area (Å²) >= 11 is 0. The predicted octanol–water partition coefficient (Wildman–Crippen LogP) is 4.86. The Bertz CT molecular complexity index is 1230. The Morgan fingerprint density at radius 1 is 1.29 bits per heavy atom. The number of likely N-dealkylation sites (N-methyl/N-ethyl adjacent to an activating group) is 1. The number of carbonyl (C=O) groups excluding carboxylic acids is 1. The van der Waals surface area contributed by atoms with Crippen molar-refractivity contribution in [2.75, 3.05) is 17.7 Å². The molecule has 2 aromatic heterocycles. The van der Waals surface area contributed by atoms with Crippen molar-refractivity contribution in [3.05, 3.63) is 47.9 Å². The molecule has 4 rings (SSSR count). The van der Waals surface area contributed by atoms with Crippen molar-refractivity contribution < 1.29 is 18.0 Å². The van der Waals surface area contributed by atoms with E-state index in [-0.39, 0.29) is 23.6 Å². The van der Waals surface area contributed by atoms with E-state index in [1.54, 1.807) is 0 Å². The molecule has 188 valence electrons. The van der Waals surface area contributed by atoms with Crippen LogP contribution in [0.15, 0.2) is 36.5 Å². The number of primary amides is 1. The standard InChI is InChI=1S/C25H31F3N6O/c1-14(2)13-34-11-9-15-18(6-4-8-20(15)34)31-23-16(22(29)35)12-17(26)24(33-23)32-19-7-5-10-25(27,28)21(19)30-3/h4,6,8-9,11-12,14,19,21,30H,5,7,10,13H2,1-3H3,(H2,29,35)(H2,31,32,33). The number of halogens is 3. The SMILES string of the molecule is CNC1C(Nc2nc(Nc3cccc4c3ccn4CC(C)C)c(C(N)=O)cc2F)CCCC1(F)F. The monoisotopic (exact) mass is 488 g/mol. The van der Waals surface area contributed by atoms with Crippen LogP contribution in [-0.4, -0.2) is 40.5 Å². The Morgan fingerprint density at radius 3 is 2.74 bits per heavy atom. The van der Waals surface area contributed by atoms with Gasteiger partial charge in [0.25, 0.3) is 11.8 Å². The van der Waals surface area contributed by atoms with Crippen LogP contribution in [0.2, 0.25) is 0 Å². The summed E-state index contributed by atoms with van der Waals surface area (Å²) in [5.74, 6) is -4.35. The first-order valence-corrected chi connectivity index (χ1v) is 11.8. The van der Waals surface area contributed by atoms with Gasteiger partial charge in [-0.25, -0.2) is 18.2 Å². The van der Waals surface area contributed by atoms with Crippen LogP contribution in [0.3, 0.4) is 0 Å². The summed E-state index contributed by atoms with van der Waals surface area (Å²) in [7, 11) is 1.46. The molecule has 5 N–H and O–H groups in total. The normalized spacial score (nSPS) is 19.7. The second-order valence-corrected chi connectivity index (χ2v) is 9.47. The molecule has 1 saturated carbocycles. The van der Waals surface area contributed by atoms with E-state index < -0.39 is 29.7 Å². The highest BCUT2D eigenvalue weighted by atomic mass is 19.3. The smallest absolute Gasteiger partial charge is 0.265 e. The van der Waals surface area contributed by atoms with E-state index in [0.29, 0.717) is 24.4 Å². The van der Waals surface area contributed by atoms with Gasteiger partial charge in [0.1, 0.15) is 5.82 Å². The molecular weight excluding hydrogens is 457 g/mol. The minimum absolute atomic E-state index is 0.0501. The molecule has 0 radical (unpaired) electrons. The summed E-state index contributed by atoms with van der Waals surface area (Å²) < 4.78 is 45.8. The highest BCUT2D eigenvalue weighted by Gasteiger charge is 2.46. The van der Waals surface area contributed by atoms with Gasteiger partial charge in [0.2, 0.25) is 0 Å². The molecule has 2 unspecified atom stereocenters. The maximum atomic E-state index is 14.9. The summed E-state index contributed by atoms with van der Waals surface area (Å²) in [5.41, 5.74) is 7.02. The zero-order valence-corrected chi connectivity index (χ0v) is 20.0. The van der Waals surface area contributed by atoms with Crippen LogP contribution in [0.1, 0.15) is 43.5 Å². The first-order chi connectivity index (χ1) is 16.6. The third-order valence-corrected chi connectivity index (χ3v) is 6.39. The molecule has 0 bridgehead atoms. The van der Waals surface area contributed by atoms with Gasteiger partial charge >= 0.3 is 0 Å². The number of hydrogen-bond donors (Lipinski definition) is 4. The van der Waals surface area contributed by atoms with Gasteiger partial charge in [-0.05, 0) is 50.1 Å². The van der Waals surface area contributed by atoms with E-state index >= 15 is 0 Å². The van der Waals surface area contributed by atoms with E-state index in [0.717, 1.165) is 23.5 Å². The van der Waals surface area contributed by atoms with Gasteiger partial charge in [-0.2, -0.15) is 0 Å². The molecule has 3 aromatic rings. The largest absolute Gasteiger partial charge is 0.365 e. The molecule has 2 atom stereocenters. The minimum Gasteiger partial charge on any atom is -0.365 e. The van der Waals surface area contributed by atoms with Crippen molar-refractivity contribution in [3.8, 4) is 0 Å². The summed E-state index contributed by atoms with van der Waals surface area (Å²) in [6.45, 7) is 5.09. The third kappa shape index (κ3) is 5.07. The second-order valence-electron chi connectivity index (χ2n) is 9.47. The van der Waals surface area contributed by atoms with E-state index in [1.165, 1.54) is 7.05 Å². The highest BCUT2D eigenvalue weighted by molar-refractivity contribution is 6.01. The van der Waals surface area contributed by atoms with Crippen LogP contribution in [-0.2, 0) is 6.54 Å². The molecule has 1 aromatic carbocycles. The number of rotatable bonds is 8. The lowest BCUT2D eigenvalue weighted by atomic mass is 9.87. The molecule has 1 aliphatic rings. The molecule has 35 heavy (non-hydrogen) atoms. The number of amides is 1. The number of carbonyl (C=O) groups is 1. The van der Waals surface area contributed by atoms with Crippen molar-refractivity contribution in [2.45, 2.75) is 57.7 Å². The second kappa shape index (κ2) is 9.77. The summed E-state index contributed by atoms with van der Waals surface area (Å²) in [5, 5.41) is 9.49. The fourth-order valence-corrected chi connectivity index (χ4v) is 4.80. The molecule has 10 heteroatoms. The van der Waals surface area contributed by atoms with Gasteiger partial charge in [0.05, 0.1) is 17.1 Å². The van der Waals surface area contributed by atoms with E-state index in [1.807, 2.05) is 30.5 Å². The van der Waals surface area contributed by atoms with Crippen LogP contribution in [0, 0.1) is 11.7 Å². The van der Waals surface area contributed by atoms with E-state index in [2.05, 4.69) is 39.3 Å². The number of benzene rings is 1. The third-order valence-electron chi connectivity index (χ3n) is 6.39. The number of pyridine rings is 1. The first kappa shape index (κ1) is 24.8. The summed E-state index contributed by atoms with van der Waals surface area (Å²) in [4.78, 5) is 16.4. The quantitative estimate of drug-likeness (QED) is 0.363. The lowest BCUT2D eigenvalue weighted by Crippen LogP contribution is -2.56. The zero-order valence-electron chi connectivity index (χ0n) is 20.0. The number of anilines is 3. The molecule has 0 saturated heterocycles. The zero-order chi connectivity index (χ0) is 25.3. The van der Waals surface area contributed by atoms with Gasteiger partial charge < -0.3 is 26.3 Å². The first-order valence-electron chi connectivity index (χ1n) is 11.8. The van der Waals surface area contributed by atoms with Crippen molar-refractivity contribution >= 4 is 34.1 Å². The van der Waals surface area contributed by atoms with Crippen molar-refractivity contribution in [1.29, 1.82) is 0 Å². The Balaban J connectivity index is 1.70. The predicted molar refractivity (Wildman–Crippen MR) is 132 cm³/mol. The van der Waals surface area contributed by atoms with Gasteiger partial charge in [-0.15, -0.1) is 0 Å². The molecule has 1 amide bonds. The number of nitrogens with two attached hydrogens (primary N) is 1. The molecule has 1 aliphatic carbocycles. The fourth-order valence-electron chi connectivity index (χ4n) is 4.80. The fraction of sp³-hybridized carbons (Fsp3) is 0.440. The number of fused-ring (bicyclic) bond motifs is 1. The average Bonchev–Trinajstić information content (AvgIpc) is 3.18. The molecule has 0 aliphatic heterocycles.